The van der Waals surface area contributed by atoms with Crippen LogP contribution in [0.15, 0.2) is 60.9 Å². The highest BCUT2D eigenvalue weighted by atomic mass is 35.5. The Labute approximate surface area is 186 Å². The number of hydrogen-bond acceptors (Lipinski definition) is 4. The molecule has 3 heterocycles. The molecule has 0 aliphatic carbocycles. The average molecular weight is 443 g/mol. The van der Waals surface area contributed by atoms with Crippen LogP contribution in [0.1, 0.15) is 23.5 Å². The summed E-state index contributed by atoms with van der Waals surface area (Å²) >= 11 is 12.3. The number of anilines is 1. The van der Waals surface area contributed by atoms with Crippen LogP contribution in [0.2, 0.25) is 5.02 Å². The molecular weight excluding hydrogens is 420 g/mol. The van der Waals surface area contributed by atoms with Gasteiger partial charge in [-0.15, -0.1) is 0 Å². The Morgan fingerprint density at radius 3 is 2.70 bits per heavy atom. The van der Waals surface area contributed by atoms with E-state index in [1.165, 1.54) is 0 Å². The van der Waals surface area contributed by atoms with E-state index < -0.39 is 0 Å². The predicted molar refractivity (Wildman–Crippen MR) is 122 cm³/mol. The Hall–Kier alpha value is -2.61. The fraction of sp³-hybridized carbons (Fsp3) is 0.273. The van der Waals surface area contributed by atoms with E-state index in [9.17, 15) is 0 Å². The lowest BCUT2D eigenvalue weighted by Gasteiger charge is -2.28. The van der Waals surface area contributed by atoms with Crippen molar-refractivity contribution in [3.63, 3.8) is 0 Å². The number of nitrogens with zero attached hydrogens (tertiary/aromatic N) is 3. The average Bonchev–Trinajstić information content (AvgIpc) is 3.32. The van der Waals surface area contributed by atoms with E-state index >= 15 is 0 Å². The molecule has 1 aliphatic heterocycles. The largest absolute Gasteiger partial charge is 0.490 e. The number of benzene rings is 1. The Bertz CT molecular complexity index is 1030. The van der Waals surface area contributed by atoms with E-state index in [1.54, 1.807) is 13.3 Å². The summed E-state index contributed by atoms with van der Waals surface area (Å²) in [6.07, 6.45) is 3.83. The molecule has 0 bridgehead atoms. The first-order chi connectivity index (χ1) is 14.6. The van der Waals surface area contributed by atoms with Crippen molar-refractivity contribution in [3.8, 4) is 5.75 Å². The minimum absolute atomic E-state index is 0.0799. The minimum Gasteiger partial charge on any atom is -0.490 e. The third-order valence-electron chi connectivity index (χ3n) is 5.12. The number of nitrogens with one attached hydrogen (secondary N) is 1. The van der Waals surface area contributed by atoms with Crippen LogP contribution in [-0.2, 0) is 11.8 Å². The number of methoxy groups -OCH3 is 1. The Kier molecular flexibility index (Phi) is 6.22. The molecule has 3 aromatic rings. The third kappa shape index (κ3) is 4.01. The van der Waals surface area contributed by atoms with E-state index in [2.05, 4.69) is 25.8 Å². The second kappa shape index (κ2) is 9.04. The van der Waals surface area contributed by atoms with Gasteiger partial charge in [-0.25, -0.2) is 0 Å². The molecule has 8 heteroatoms. The fourth-order valence-corrected chi connectivity index (χ4v) is 4.28. The summed E-state index contributed by atoms with van der Waals surface area (Å²) in [6.45, 7) is 0.937. The summed E-state index contributed by atoms with van der Waals surface area (Å²) in [7, 11) is 3.67. The summed E-state index contributed by atoms with van der Waals surface area (Å²) < 4.78 is 12.8. The van der Waals surface area contributed by atoms with Gasteiger partial charge in [-0.1, -0.05) is 17.7 Å². The van der Waals surface area contributed by atoms with Gasteiger partial charge in [0.05, 0.1) is 23.4 Å². The quantitative estimate of drug-likeness (QED) is 0.435. The maximum atomic E-state index is 6.52. The molecule has 1 saturated heterocycles. The van der Waals surface area contributed by atoms with Gasteiger partial charge in [-0.05, 0) is 54.7 Å². The number of rotatable bonds is 7. The summed E-state index contributed by atoms with van der Waals surface area (Å²) in [6, 6.07) is 15.6. The molecule has 4 rings (SSSR count). The molecule has 1 aromatic carbocycles. The first-order valence-electron chi connectivity index (χ1n) is 9.63. The predicted octanol–water partition coefficient (Wildman–Crippen LogP) is 4.28. The molecule has 1 aliphatic rings. The van der Waals surface area contributed by atoms with Crippen molar-refractivity contribution in [1.29, 1.82) is 0 Å². The number of aryl methyl sites for hydroxylation is 1. The molecule has 2 aromatic heterocycles. The number of pyridine rings is 1. The van der Waals surface area contributed by atoms with Gasteiger partial charge in [0.2, 0.25) is 0 Å². The highest BCUT2D eigenvalue weighted by Crippen LogP contribution is 2.42. The van der Waals surface area contributed by atoms with Crippen molar-refractivity contribution in [2.75, 3.05) is 25.2 Å². The van der Waals surface area contributed by atoms with Crippen molar-refractivity contribution in [2.45, 2.75) is 12.1 Å². The van der Waals surface area contributed by atoms with Gasteiger partial charge in [0.15, 0.2) is 5.11 Å². The zero-order valence-corrected chi connectivity index (χ0v) is 18.4. The molecule has 0 unspecified atom stereocenters. The van der Waals surface area contributed by atoms with E-state index in [0.29, 0.717) is 29.1 Å². The lowest BCUT2D eigenvalue weighted by molar-refractivity contribution is 0.146. The van der Waals surface area contributed by atoms with Gasteiger partial charge in [0.25, 0.3) is 0 Å². The zero-order valence-electron chi connectivity index (χ0n) is 16.8. The first kappa shape index (κ1) is 20.7. The smallest absolute Gasteiger partial charge is 0.174 e. The second-order valence-electron chi connectivity index (χ2n) is 7.00. The molecule has 0 saturated carbocycles. The Balaban J connectivity index is 1.71. The van der Waals surface area contributed by atoms with Gasteiger partial charge in [0.1, 0.15) is 18.4 Å². The molecular formula is C22H23ClN4O2S. The van der Waals surface area contributed by atoms with E-state index in [1.807, 2.05) is 55.7 Å². The maximum absolute atomic E-state index is 6.52. The van der Waals surface area contributed by atoms with Gasteiger partial charge >= 0.3 is 0 Å². The van der Waals surface area contributed by atoms with Crippen molar-refractivity contribution >= 4 is 34.6 Å². The molecule has 156 valence electrons. The van der Waals surface area contributed by atoms with Crippen molar-refractivity contribution in [2.24, 2.45) is 7.05 Å². The highest BCUT2D eigenvalue weighted by Gasteiger charge is 2.41. The maximum Gasteiger partial charge on any atom is 0.174 e. The van der Waals surface area contributed by atoms with E-state index in [-0.39, 0.29) is 12.1 Å². The molecule has 2 atom stereocenters. The van der Waals surface area contributed by atoms with Crippen LogP contribution in [-0.4, -0.2) is 35.0 Å². The van der Waals surface area contributed by atoms with Crippen LogP contribution in [0.5, 0.6) is 5.75 Å². The highest BCUT2D eigenvalue weighted by molar-refractivity contribution is 7.80. The summed E-state index contributed by atoms with van der Waals surface area (Å²) in [5.41, 5.74) is 2.94. The zero-order chi connectivity index (χ0) is 21.1. The summed E-state index contributed by atoms with van der Waals surface area (Å²) in [5.74, 6) is 0.618. The molecule has 0 amide bonds. The fourth-order valence-electron chi connectivity index (χ4n) is 3.71. The van der Waals surface area contributed by atoms with Crippen molar-refractivity contribution < 1.29 is 9.47 Å². The number of thiocarbonyl (C=S) groups is 1. The Morgan fingerprint density at radius 1 is 1.17 bits per heavy atom. The van der Waals surface area contributed by atoms with E-state index in [4.69, 9.17) is 33.3 Å². The van der Waals surface area contributed by atoms with Gasteiger partial charge in [-0.3, -0.25) is 4.98 Å². The molecule has 0 spiro atoms. The van der Waals surface area contributed by atoms with Crippen LogP contribution >= 0.6 is 23.8 Å². The summed E-state index contributed by atoms with van der Waals surface area (Å²) in [4.78, 5) is 6.66. The normalized spacial score (nSPS) is 18.5. The number of ether oxygens (including phenoxy) is 2. The molecule has 30 heavy (non-hydrogen) atoms. The van der Waals surface area contributed by atoms with Gasteiger partial charge in [-0.2, -0.15) is 0 Å². The number of halogens is 1. The molecule has 0 radical (unpaired) electrons. The first-order valence-corrected chi connectivity index (χ1v) is 10.4. The van der Waals surface area contributed by atoms with Crippen molar-refractivity contribution in [3.05, 3.63) is 77.3 Å². The van der Waals surface area contributed by atoms with Crippen LogP contribution < -0.4 is 15.0 Å². The van der Waals surface area contributed by atoms with Gasteiger partial charge < -0.3 is 24.3 Å². The van der Waals surface area contributed by atoms with Crippen LogP contribution in [0, 0.1) is 0 Å². The van der Waals surface area contributed by atoms with Crippen molar-refractivity contribution in [1.82, 2.24) is 14.9 Å². The standard InChI is InChI=1S/C22H23ClN4O2S/c1-26-11-5-7-18(26)21-20(17-6-3-4-10-24-17)25-22(30)27(21)15-8-9-19(16(23)14-15)29-13-12-28-2/h3-11,14,20-21H,12-13H2,1-2H3,(H,25,30)/t20-,21+/m1/s1. The van der Waals surface area contributed by atoms with Gasteiger partial charge in [0, 0.05) is 37.9 Å². The Morgan fingerprint density at radius 2 is 2.03 bits per heavy atom. The molecule has 6 nitrogen and oxygen atoms in total. The van der Waals surface area contributed by atoms with Crippen LogP contribution in [0.3, 0.4) is 0 Å². The minimum atomic E-state index is -0.0938. The number of hydrogen-bond donors (Lipinski definition) is 1. The topological polar surface area (TPSA) is 51.6 Å². The molecule has 1 fully saturated rings. The molecule has 1 N–H and O–H groups in total. The lowest BCUT2D eigenvalue weighted by atomic mass is 10.0. The second-order valence-corrected chi connectivity index (χ2v) is 7.79. The van der Waals surface area contributed by atoms with Crippen LogP contribution in [0.25, 0.3) is 0 Å². The SMILES string of the molecule is COCCOc1ccc(N2C(=S)N[C@H](c3ccccn3)[C@@H]2c2cccn2C)cc1Cl. The third-order valence-corrected chi connectivity index (χ3v) is 5.73. The monoisotopic (exact) mass is 442 g/mol. The lowest BCUT2D eigenvalue weighted by Crippen LogP contribution is -2.30. The van der Waals surface area contributed by atoms with Crippen LogP contribution in [0.4, 0.5) is 5.69 Å². The van der Waals surface area contributed by atoms with E-state index in [0.717, 1.165) is 17.1 Å². The summed E-state index contributed by atoms with van der Waals surface area (Å²) in [5, 5.41) is 4.60. The number of aromatic nitrogens is 2.